The van der Waals surface area contributed by atoms with Crippen molar-refractivity contribution in [2.75, 3.05) is 6.54 Å². The fourth-order valence-corrected chi connectivity index (χ4v) is 1.90. The molecule has 1 amide bonds. The van der Waals surface area contributed by atoms with E-state index in [1.165, 1.54) is 0 Å². The van der Waals surface area contributed by atoms with Crippen LogP contribution >= 0.6 is 0 Å². The summed E-state index contributed by atoms with van der Waals surface area (Å²) in [6.07, 6.45) is 1.85. The molecule has 1 aromatic rings. The van der Waals surface area contributed by atoms with Crippen LogP contribution in [0.25, 0.3) is 0 Å². The van der Waals surface area contributed by atoms with Crippen molar-refractivity contribution >= 4 is 11.9 Å². The van der Waals surface area contributed by atoms with Gasteiger partial charge in [0.2, 0.25) is 5.91 Å². The molecule has 0 radical (unpaired) electrons. The standard InChI is InChI=1S/C15H21NO3/c1-3-4-10-16-13(17)11-15(2,14(18)19)12-8-6-5-7-9-12/h5-9H,3-4,10-11H2,1-2H3,(H,16,17)(H,18,19). The second-order valence-corrected chi connectivity index (χ2v) is 4.88. The Morgan fingerprint density at radius 3 is 2.42 bits per heavy atom. The Balaban J connectivity index is 2.78. The molecule has 0 fully saturated rings. The summed E-state index contributed by atoms with van der Waals surface area (Å²) >= 11 is 0. The van der Waals surface area contributed by atoms with Crippen molar-refractivity contribution in [2.24, 2.45) is 0 Å². The topological polar surface area (TPSA) is 66.4 Å². The first-order valence-corrected chi connectivity index (χ1v) is 6.56. The number of amides is 1. The molecule has 1 unspecified atom stereocenters. The van der Waals surface area contributed by atoms with Crippen LogP contribution in [0.3, 0.4) is 0 Å². The van der Waals surface area contributed by atoms with E-state index in [2.05, 4.69) is 5.32 Å². The molecule has 0 heterocycles. The number of rotatable bonds is 7. The van der Waals surface area contributed by atoms with Gasteiger partial charge in [0.15, 0.2) is 0 Å². The Hall–Kier alpha value is -1.84. The molecule has 0 aliphatic rings. The van der Waals surface area contributed by atoms with Crippen LogP contribution in [0, 0.1) is 0 Å². The third kappa shape index (κ3) is 4.09. The highest BCUT2D eigenvalue weighted by Crippen LogP contribution is 2.27. The Kier molecular flexibility index (Phi) is 5.55. The Morgan fingerprint density at radius 2 is 1.89 bits per heavy atom. The molecule has 0 saturated heterocycles. The van der Waals surface area contributed by atoms with Crippen molar-refractivity contribution in [3.8, 4) is 0 Å². The molecule has 1 atom stereocenters. The minimum atomic E-state index is -1.18. The molecule has 1 aromatic carbocycles. The van der Waals surface area contributed by atoms with Gasteiger partial charge in [0.05, 0.1) is 5.41 Å². The quantitative estimate of drug-likeness (QED) is 0.742. The fourth-order valence-electron chi connectivity index (χ4n) is 1.90. The van der Waals surface area contributed by atoms with Crippen LogP contribution in [0.1, 0.15) is 38.7 Å². The lowest BCUT2D eigenvalue weighted by atomic mass is 9.79. The Labute approximate surface area is 113 Å². The molecule has 19 heavy (non-hydrogen) atoms. The third-order valence-electron chi connectivity index (χ3n) is 3.25. The van der Waals surface area contributed by atoms with Gasteiger partial charge in [-0.3, -0.25) is 9.59 Å². The van der Waals surface area contributed by atoms with Gasteiger partial charge in [-0.15, -0.1) is 0 Å². The molecule has 0 saturated carbocycles. The van der Waals surface area contributed by atoms with Gasteiger partial charge in [0, 0.05) is 13.0 Å². The van der Waals surface area contributed by atoms with Gasteiger partial charge >= 0.3 is 5.97 Å². The molecule has 4 nitrogen and oxygen atoms in total. The van der Waals surface area contributed by atoms with Gasteiger partial charge in [-0.2, -0.15) is 0 Å². The monoisotopic (exact) mass is 263 g/mol. The Morgan fingerprint density at radius 1 is 1.26 bits per heavy atom. The predicted molar refractivity (Wildman–Crippen MR) is 74.0 cm³/mol. The first-order chi connectivity index (χ1) is 9.00. The lowest BCUT2D eigenvalue weighted by Gasteiger charge is -2.24. The highest BCUT2D eigenvalue weighted by atomic mass is 16.4. The number of carboxylic acids is 1. The van der Waals surface area contributed by atoms with Gasteiger partial charge in [-0.05, 0) is 18.9 Å². The summed E-state index contributed by atoms with van der Waals surface area (Å²) in [7, 11) is 0. The van der Waals surface area contributed by atoms with Gasteiger partial charge in [0.25, 0.3) is 0 Å². The van der Waals surface area contributed by atoms with Gasteiger partial charge < -0.3 is 10.4 Å². The molecular formula is C15H21NO3. The molecule has 0 aromatic heterocycles. The number of hydrogen-bond acceptors (Lipinski definition) is 2. The third-order valence-corrected chi connectivity index (χ3v) is 3.25. The summed E-state index contributed by atoms with van der Waals surface area (Å²) in [4.78, 5) is 23.3. The number of carbonyl (C=O) groups is 2. The molecular weight excluding hydrogens is 242 g/mol. The predicted octanol–water partition coefficient (Wildman–Crippen LogP) is 2.34. The second kappa shape index (κ2) is 6.92. The normalized spacial score (nSPS) is 13.6. The molecule has 4 heteroatoms. The molecule has 0 bridgehead atoms. The molecule has 0 spiro atoms. The zero-order valence-electron chi connectivity index (χ0n) is 11.5. The number of aliphatic carboxylic acids is 1. The average molecular weight is 263 g/mol. The van der Waals surface area contributed by atoms with Crippen LogP contribution in [0.4, 0.5) is 0 Å². The molecule has 0 aliphatic carbocycles. The van der Waals surface area contributed by atoms with Crippen LogP contribution in [0.5, 0.6) is 0 Å². The van der Waals surface area contributed by atoms with E-state index in [4.69, 9.17) is 0 Å². The largest absolute Gasteiger partial charge is 0.481 e. The van der Waals surface area contributed by atoms with Crippen LogP contribution < -0.4 is 5.32 Å². The van der Waals surface area contributed by atoms with E-state index >= 15 is 0 Å². The lowest BCUT2D eigenvalue weighted by Crippen LogP contribution is -2.39. The molecule has 104 valence electrons. The second-order valence-electron chi connectivity index (χ2n) is 4.88. The summed E-state index contributed by atoms with van der Waals surface area (Å²) in [5.74, 6) is -1.20. The van der Waals surface area contributed by atoms with Crippen molar-refractivity contribution < 1.29 is 14.7 Å². The van der Waals surface area contributed by atoms with Crippen molar-refractivity contribution in [1.82, 2.24) is 5.32 Å². The fraction of sp³-hybridized carbons (Fsp3) is 0.467. The van der Waals surface area contributed by atoms with E-state index in [-0.39, 0.29) is 12.3 Å². The Bertz CT molecular complexity index is 430. The van der Waals surface area contributed by atoms with Gasteiger partial charge in [0.1, 0.15) is 0 Å². The first kappa shape index (κ1) is 15.2. The van der Waals surface area contributed by atoms with Gasteiger partial charge in [-0.1, -0.05) is 43.7 Å². The van der Waals surface area contributed by atoms with Crippen LogP contribution in [-0.2, 0) is 15.0 Å². The lowest BCUT2D eigenvalue weighted by molar-refractivity contribution is -0.145. The van der Waals surface area contributed by atoms with E-state index in [0.29, 0.717) is 12.1 Å². The van der Waals surface area contributed by atoms with Gasteiger partial charge in [-0.25, -0.2) is 0 Å². The van der Waals surface area contributed by atoms with Crippen LogP contribution in [-0.4, -0.2) is 23.5 Å². The number of nitrogens with one attached hydrogen (secondary N) is 1. The summed E-state index contributed by atoms with van der Waals surface area (Å²) in [6, 6.07) is 8.88. The summed E-state index contributed by atoms with van der Waals surface area (Å²) in [5.41, 5.74) is -0.537. The first-order valence-electron chi connectivity index (χ1n) is 6.56. The maximum absolute atomic E-state index is 11.8. The van der Waals surface area contributed by atoms with E-state index in [0.717, 1.165) is 12.8 Å². The number of carbonyl (C=O) groups excluding carboxylic acids is 1. The van der Waals surface area contributed by atoms with E-state index < -0.39 is 11.4 Å². The number of hydrogen-bond donors (Lipinski definition) is 2. The summed E-state index contributed by atoms with van der Waals surface area (Å²) < 4.78 is 0. The number of carboxylic acid groups (broad SMARTS) is 1. The number of benzene rings is 1. The average Bonchev–Trinajstić information content (AvgIpc) is 2.39. The molecule has 1 rings (SSSR count). The maximum atomic E-state index is 11.8. The van der Waals surface area contributed by atoms with Crippen molar-refractivity contribution in [3.63, 3.8) is 0 Å². The maximum Gasteiger partial charge on any atom is 0.314 e. The van der Waals surface area contributed by atoms with Crippen molar-refractivity contribution in [2.45, 2.75) is 38.5 Å². The zero-order valence-corrected chi connectivity index (χ0v) is 11.5. The summed E-state index contributed by atoms with van der Waals surface area (Å²) in [5, 5.41) is 12.2. The van der Waals surface area contributed by atoms with E-state index in [9.17, 15) is 14.7 Å². The van der Waals surface area contributed by atoms with Crippen molar-refractivity contribution in [1.29, 1.82) is 0 Å². The van der Waals surface area contributed by atoms with E-state index in [1.807, 2.05) is 13.0 Å². The summed E-state index contributed by atoms with van der Waals surface area (Å²) in [6.45, 7) is 4.22. The zero-order chi connectivity index (χ0) is 14.3. The minimum Gasteiger partial charge on any atom is -0.481 e. The van der Waals surface area contributed by atoms with E-state index in [1.54, 1.807) is 31.2 Å². The number of unbranched alkanes of at least 4 members (excludes halogenated alkanes) is 1. The molecule has 2 N–H and O–H groups in total. The van der Waals surface area contributed by atoms with Crippen LogP contribution in [0.2, 0.25) is 0 Å². The highest BCUT2D eigenvalue weighted by Gasteiger charge is 2.37. The van der Waals surface area contributed by atoms with Crippen LogP contribution in [0.15, 0.2) is 30.3 Å². The smallest absolute Gasteiger partial charge is 0.314 e. The molecule has 0 aliphatic heterocycles. The SMILES string of the molecule is CCCCNC(=O)CC(C)(C(=O)O)c1ccccc1. The van der Waals surface area contributed by atoms with Crippen molar-refractivity contribution in [3.05, 3.63) is 35.9 Å². The minimum absolute atomic E-state index is 0.0456. The highest BCUT2D eigenvalue weighted by molar-refractivity contribution is 5.89.